The lowest BCUT2D eigenvalue weighted by Gasteiger charge is -2.09. The Hall–Kier alpha value is -4.01. The second kappa shape index (κ2) is 8.56. The second-order valence-electron chi connectivity index (χ2n) is 6.52. The van der Waals surface area contributed by atoms with Gasteiger partial charge >= 0.3 is 6.03 Å². The summed E-state index contributed by atoms with van der Waals surface area (Å²) in [5.41, 5.74) is 2.39. The van der Waals surface area contributed by atoms with E-state index in [1.165, 1.54) is 6.07 Å². The highest BCUT2D eigenvalue weighted by atomic mass is 19.1. The molecule has 0 unspecified atom stereocenters. The number of hydrogen-bond donors (Lipinski definition) is 2. The van der Waals surface area contributed by atoms with Crippen molar-refractivity contribution in [3.8, 4) is 17.3 Å². The van der Waals surface area contributed by atoms with E-state index < -0.39 is 6.03 Å². The summed E-state index contributed by atoms with van der Waals surface area (Å²) >= 11 is 0. The molecule has 0 aliphatic rings. The Labute approximate surface area is 171 Å². The molecule has 0 saturated heterocycles. The number of nitrogens with one attached hydrogen (secondary N) is 2. The molecule has 2 aromatic heterocycles. The Balaban J connectivity index is 1.32. The number of fused-ring (bicyclic) bond motifs is 1. The fourth-order valence-corrected chi connectivity index (χ4v) is 2.78. The number of carbonyl (C=O) groups is 1. The third-order valence-electron chi connectivity index (χ3n) is 4.34. The summed E-state index contributed by atoms with van der Waals surface area (Å²) in [6, 6.07) is 17.1. The molecule has 2 N–H and O–H groups in total. The number of rotatable bonds is 6. The number of hydrogen-bond acceptors (Lipinski definition) is 5. The molecule has 9 heteroatoms. The molecule has 0 spiro atoms. The van der Waals surface area contributed by atoms with Crippen molar-refractivity contribution in [1.29, 1.82) is 0 Å². The molecule has 30 heavy (non-hydrogen) atoms. The molecule has 2 aromatic carbocycles. The van der Waals surface area contributed by atoms with Crippen LogP contribution in [0.5, 0.6) is 5.88 Å². The average molecular weight is 406 g/mol. The van der Waals surface area contributed by atoms with E-state index in [4.69, 9.17) is 4.74 Å². The van der Waals surface area contributed by atoms with Gasteiger partial charge in [-0.3, -0.25) is 0 Å². The van der Waals surface area contributed by atoms with E-state index in [1.807, 2.05) is 30.3 Å². The Morgan fingerprint density at radius 2 is 1.93 bits per heavy atom. The summed E-state index contributed by atoms with van der Waals surface area (Å²) in [6.07, 6.45) is 0. The topological polar surface area (TPSA) is 93.4 Å². The lowest BCUT2D eigenvalue weighted by molar-refractivity contribution is 0.246. The molecule has 0 radical (unpaired) electrons. The van der Waals surface area contributed by atoms with E-state index in [2.05, 4.69) is 25.9 Å². The molecule has 4 rings (SSSR count). The first kappa shape index (κ1) is 19.3. The summed E-state index contributed by atoms with van der Waals surface area (Å²) in [6.45, 7) is 2.11. The van der Waals surface area contributed by atoms with Crippen molar-refractivity contribution in [3.05, 3.63) is 72.0 Å². The molecule has 0 bridgehead atoms. The number of benzene rings is 2. The summed E-state index contributed by atoms with van der Waals surface area (Å²) in [4.78, 5) is 11.9. The minimum absolute atomic E-state index is 0.205. The van der Waals surface area contributed by atoms with Crippen LogP contribution in [0.25, 0.3) is 17.0 Å². The van der Waals surface area contributed by atoms with Gasteiger partial charge in [0.1, 0.15) is 12.4 Å². The van der Waals surface area contributed by atoms with E-state index >= 15 is 0 Å². The molecule has 8 nitrogen and oxygen atoms in total. The number of halogens is 1. The number of amides is 2. The quantitative estimate of drug-likeness (QED) is 0.479. The second-order valence-corrected chi connectivity index (χ2v) is 6.52. The Morgan fingerprint density at radius 3 is 2.73 bits per heavy atom. The maximum absolute atomic E-state index is 13.5. The molecule has 2 heterocycles. The van der Waals surface area contributed by atoms with Gasteiger partial charge in [-0.1, -0.05) is 36.4 Å². The number of anilines is 1. The summed E-state index contributed by atoms with van der Waals surface area (Å²) in [5.74, 6) is 0.614. The van der Waals surface area contributed by atoms with Gasteiger partial charge in [0.2, 0.25) is 5.88 Å². The normalized spacial score (nSPS) is 10.7. The van der Waals surface area contributed by atoms with Gasteiger partial charge in [0.25, 0.3) is 0 Å². The molecular weight excluding hydrogens is 387 g/mol. The van der Waals surface area contributed by atoms with Crippen molar-refractivity contribution in [2.75, 3.05) is 18.5 Å². The van der Waals surface area contributed by atoms with Crippen LogP contribution in [-0.2, 0) is 0 Å². The third-order valence-corrected chi connectivity index (χ3v) is 4.34. The zero-order valence-electron chi connectivity index (χ0n) is 16.2. The monoisotopic (exact) mass is 406 g/mol. The molecule has 2 amide bonds. The predicted octanol–water partition coefficient (Wildman–Crippen LogP) is 3.44. The van der Waals surface area contributed by atoms with Crippen LogP contribution in [0.15, 0.2) is 60.7 Å². The number of ether oxygens (including phenoxy) is 1. The minimum Gasteiger partial charge on any atom is -0.475 e. The van der Waals surface area contributed by atoms with Crippen LogP contribution in [0.1, 0.15) is 5.56 Å². The number of nitrogens with zero attached hydrogens (tertiary/aromatic N) is 4. The van der Waals surface area contributed by atoms with Crippen molar-refractivity contribution >= 4 is 17.4 Å². The van der Waals surface area contributed by atoms with Crippen LogP contribution in [0.4, 0.5) is 14.9 Å². The minimum atomic E-state index is -0.449. The lowest BCUT2D eigenvalue weighted by atomic mass is 10.2. The first-order valence-corrected chi connectivity index (χ1v) is 9.32. The zero-order chi connectivity index (χ0) is 20.9. The average Bonchev–Trinajstić information content (AvgIpc) is 3.18. The fraction of sp³-hybridized carbons (Fsp3) is 0.143. The fourth-order valence-electron chi connectivity index (χ4n) is 2.78. The highest BCUT2D eigenvalue weighted by molar-refractivity contribution is 5.89. The molecular formula is C21H19FN6O2. The third kappa shape index (κ3) is 4.35. The van der Waals surface area contributed by atoms with Gasteiger partial charge in [-0.2, -0.15) is 4.52 Å². The van der Waals surface area contributed by atoms with Crippen LogP contribution in [-0.4, -0.2) is 39.0 Å². The Bertz CT molecular complexity index is 1180. The maximum Gasteiger partial charge on any atom is 0.319 e. The smallest absolute Gasteiger partial charge is 0.319 e. The van der Waals surface area contributed by atoms with E-state index in [0.717, 1.165) is 5.56 Å². The van der Waals surface area contributed by atoms with Crippen molar-refractivity contribution < 1.29 is 13.9 Å². The Kier molecular flexibility index (Phi) is 5.51. The molecule has 0 aliphatic carbocycles. The van der Waals surface area contributed by atoms with Gasteiger partial charge in [-0.05, 0) is 30.7 Å². The van der Waals surface area contributed by atoms with Crippen molar-refractivity contribution in [1.82, 2.24) is 25.1 Å². The molecule has 0 atom stereocenters. The number of urea groups is 1. The van der Waals surface area contributed by atoms with Gasteiger partial charge < -0.3 is 15.4 Å². The molecule has 152 valence electrons. The van der Waals surface area contributed by atoms with E-state index in [9.17, 15) is 9.18 Å². The van der Waals surface area contributed by atoms with Crippen LogP contribution in [0.3, 0.4) is 0 Å². The molecule has 4 aromatic rings. The number of aromatic nitrogens is 4. The SMILES string of the molecule is Cc1ccc(NC(=O)NCCOc2ccc3nnc(-c4ccccc4)n3n2)cc1F. The molecule has 0 saturated carbocycles. The summed E-state index contributed by atoms with van der Waals surface area (Å²) < 4.78 is 20.8. The first-order chi connectivity index (χ1) is 14.6. The van der Waals surface area contributed by atoms with E-state index in [1.54, 1.807) is 35.7 Å². The summed E-state index contributed by atoms with van der Waals surface area (Å²) in [5, 5.41) is 17.9. The largest absolute Gasteiger partial charge is 0.475 e. The lowest BCUT2D eigenvalue weighted by Crippen LogP contribution is -2.32. The number of carbonyl (C=O) groups excluding carboxylic acids is 1. The van der Waals surface area contributed by atoms with Gasteiger partial charge in [-0.25, -0.2) is 9.18 Å². The van der Waals surface area contributed by atoms with Crippen molar-refractivity contribution in [2.45, 2.75) is 6.92 Å². The van der Waals surface area contributed by atoms with Crippen molar-refractivity contribution in [2.24, 2.45) is 0 Å². The first-order valence-electron chi connectivity index (χ1n) is 9.32. The van der Waals surface area contributed by atoms with Gasteiger partial charge in [0.15, 0.2) is 11.5 Å². The van der Waals surface area contributed by atoms with Crippen LogP contribution < -0.4 is 15.4 Å². The standard InChI is InChI=1S/C21H19FN6O2/c1-14-7-8-16(13-17(14)22)24-21(29)23-11-12-30-19-10-9-18-25-26-20(28(18)27-19)15-5-3-2-4-6-15/h2-10,13H,11-12H2,1H3,(H2,23,24,29). The van der Waals surface area contributed by atoms with E-state index in [0.29, 0.717) is 28.6 Å². The van der Waals surface area contributed by atoms with Crippen molar-refractivity contribution in [3.63, 3.8) is 0 Å². The van der Waals surface area contributed by atoms with Gasteiger partial charge in [-0.15, -0.1) is 15.3 Å². The zero-order valence-corrected chi connectivity index (χ0v) is 16.2. The highest BCUT2D eigenvalue weighted by Gasteiger charge is 2.10. The van der Waals surface area contributed by atoms with Crippen LogP contribution in [0.2, 0.25) is 0 Å². The van der Waals surface area contributed by atoms with Gasteiger partial charge in [0.05, 0.1) is 6.54 Å². The number of aryl methyl sites for hydroxylation is 1. The molecule has 0 aliphatic heterocycles. The molecule has 0 fully saturated rings. The highest BCUT2D eigenvalue weighted by Crippen LogP contribution is 2.18. The van der Waals surface area contributed by atoms with Crippen LogP contribution >= 0.6 is 0 Å². The predicted molar refractivity (Wildman–Crippen MR) is 110 cm³/mol. The van der Waals surface area contributed by atoms with E-state index in [-0.39, 0.29) is 19.0 Å². The maximum atomic E-state index is 13.5. The van der Waals surface area contributed by atoms with Crippen LogP contribution in [0, 0.1) is 12.7 Å². The Morgan fingerprint density at radius 1 is 1.10 bits per heavy atom. The summed E-state index contributed by atoms with van der Waals surface area (Å²) in [7, 11) is 0. The van der Waals surface area contributed by atoms with Gasteiger partial charge in [0, 0.05) is 17.3 Å².